The van der Waals surface area contributed by atoms with E-state index in [4.69, 9.17) is 27.9 Å². The number of nitrogens with zero attached hydrogens (tertiary/aromatic N) is 2. The summed E-state index contributed by atoms with van der Waals surface area (Å²) in [7, 11) is 1.57. The lowest BCUT2D eigenvalue weighted by molar-refractivity contribution is -0.116. The number of amides is 1. The fourth-order valence-electron chi connectivity index (χ4n) is 3.31. The molecule has 0 aliphatic carbocycles. The fourth-order valence-corrected chi connectivity index (χ4v) is 3.70. The molecule has 2 aromatic carbocycles. The summed E-state index contributed by atoms with van der Waals surface area (Å²) in [6, 6.07) is 13.2. The summed E-state index contributed by atoms with van der Waals surface area (Å²) in [6.45, 7) is 5.51. The summed E-state index contributed by atoms with van der Waals surface area (Å²) < 4.78 is 5.27. The van der Waals surface area contributed by atoms with Crippen molar-refractivity contribution in [3.05, 3.63) is 58.1 Å². The van der Waals surface area contributed by atoms with Crippen LogP contribution >= 0.6 is 23.2 Å². The van der Waals surface area contributed by atoms with E-state index in [9.17, 15) is 4.79 Å². The van der Waals surface area contributed by atoms with Gasteiger partial charge in [-0.05, 0) is 35.9 Å². The molecule has 1 aliphatic heterocycles. The van der Waals surface area contributed by atoms with Crippen molar-refractivity contribution >= 4 is 34.8 Å². The van der Waals surface area contributed by atoms with Crippen molar-refractivity contribution < 1.29 is 9.53 Å². The van der Waals surface area contributed by atoms with E-state index in [0.717, 1.165) is 44.3 Å². The van der Waals surface area contributed by atoms with Crippen molar-refractivity contribution in [3.63, 3.8) is 0 Å². The number of hydrogen-bond donors (Lipinski definition) is 1. The van der Waals surface area contributed by atoms with E-state index in [-0.39, 0.29) is 5.91 Å². The molecule has 28 heavy (non-hydrogen) atoms. The number of piperazine rings is 1. The van der Waals surface area contributed by atoms with Crippen molar-refractivity contribution in [2.24, 2.45) is 0 Å². The molecule has 0 atom stereocenters. The fraction of sp³-hybridized carbons (Fsp3) is 0.381. The molecule has 3 rings (SSSR count). The number of rotatable bonds is 7. The summed E-state index contributed by atoms with van der Waals surface area (Å²) in [5, 5.41) is 4.23. The maximum Gasteiger partial charge on any atom is 0.225 e. The van der Waals surface area contributed by atoms with Crippen molar-refractivity contribution in [2.75, 3.05) is 45.2 Å². The molecule has 0 aromatic heterocycles. The minimum absolute atomic E-state index is 0.0399. The molecule has 1 aliphatic rings. The van der Waals surface area contributed by atoms with Gasteiger partial charge in [0.25, 0.3) is 0 Å². The van der Waals surface area contributed by atoms with Gasteiger partial charge < -0.3 is 15.0 Å². The highest BCUT2D eigenvalue weighted by molar-refractivity contribution is 6.31. The minimum atomic E-state index is -0.0399. The first-order valence-electron chi connectivity index (χ1n) is 9.36. The van der Waals surface area contributed by atoms with Gasteiger partial charge in [0.05, 0.1) is 12.8 Å². The van der Waals surface area contributed by atoms with E-state index >= 15 is 0 Å². The number of benzene rings is 2. The molecule has 0 saturated carbocycles. The van der Waals surface area contributed by atoms with Crippen LogP contribution in [0.1, 0.15) is 12.0 Å². The van der Waals surface area contributed by atoms with Gasteiger partial charge in [0, 0.05) is 55.7 Å². The van der Waals surface area contributed by atoms with Crippen molar-refractivity contribution in [3.8, 4) is 5.75 Å². The van der Waals surface area contributed by atoms with Crippen LogP contribution in [0.15, 0.2) is 42.5 Å². The Labute approximate surface area is 176 Å². The zero-order valence-corrected chi connectivity index (χ0v) is 17.5. The molecule has 1 N–H and O–H groups in total. The lowest BCUT2D eigenvalue weighted by atomic mass is 10.2. The molecule has 150 valence electrons. The van der Waals surface area contributed by atoms with Crippen molar-refractivity contribution in [1.29, 1.82) is 0 Å². The van der Waals surface area contributed by atoms with E-state index in [1.54, 1.807) is 25.3 Å². The lowest BCUT2D eigenvalue weighted by Gasteiger charge is -2.34. The number of carbonyl (C=O) groups is 1. The molecule has 0 radical (unpaired) electrons. The normalized spacial score (nSPS) is 15.4. The van der Waals surface area contributed by atoms with Gasteiger partial charge in [-0.3, -0.25) is 9.69 Å². The van der Waals surface area contributed by atoms with Crippen LogP contribution < -0.4 is 10.1 Å². The van der Waals surface area contributed by atoms with Gasteiger partial charge >= 0.3 is 0 Å². The second-order valence-corrected chi connectivity index (χ2v) is 7.76. The Hall–Kier alpha value is -1.79. The summed E-state index contributed by atoms with van der Waals surface area (Å²) in [5.74, 6) is 0.564. The smallest absolute Gasteiger partial charge is 0.225 e. The average molecular weight is 422 g/mol. The summed E-state index contributed by atoms with van der Waals surface area (Å²) in [4.78, 5) is 17.1. The Morgan fingerprint density at radius 2 is 1.75 bits per heavy atom. The third-order valence-electron chi connectivity index (χ3n) is 4.85. The van der Waals surface area contributed by atoms with Gasteiger partial charge in [0.2, 0.25) is 5.91 Å². The highest BCUT2D eigenvalue weighted by atomic mass is 35.5. The van der Waals surface area contributed by atoms with Gasteiger partial charge in [-0.1, -0.05) is 35.3 Å². The summed E-state index contributed by atoms with van der Waals surface area (Å²) in [6.07, 6.45) is 0.434. The number of carbonyl (C=O) groups excluding carboxylic acids is 1. The predicted octanol–water partition coefficient (Wildman–Crippen LogP) is 4.15. The summed E-state index contributed by atoms with van der Waals surface area (Å²) >= 11 is 12.1. The van der Waals surface area contributed by atoms with Crippen molar-refractivity contribution in [1.82, 2.24) is 9.80 Å². The van der Waals surface area contributed by atoms with Gasteiger partial charge in [-0.2, -0.15) is 0 Å². The first-order valence-corrected chi connectivity index (χ1v) is 10.1. The van der Waals surface area contributed by atoms with Gasteiger partial charge in [-0.15, -0.1) is 0 Å². The maximum atomic E-state index is 12.3. The van der Waals surface area contributed by atoms with Crippen molar-refractivity contribution in [2.45, 2.75) is 13.0 Å². The molecule has 5 nitrogen and oxygen atoms in total. The van der Waals surface area contributed by atoms with E-state index in [0.29, 0.717) is 22.9 Å². The molecule has 1 heterocycles. The molecule has 1 amide bonds. The van der Waals surface area contributed by atoms with Crippen LogP contribution in [0.5, 0.6) is 5.75 Å². The molecule has 0 unspecified atom stereocenters. The Morgan fingerprint density at radius 1 is 1.04 bits per heavy atom. The van der Waals surface area contributed by atoms with E-state index < -0.39 is 0 Å². The first kappa shape index (κ1) is 20.9. The van der Waals surface area contributed by atoms with Crippen LogP contribution in [-0.4, -0.2) is 55.5 Å². The highest BCUT2D eigenvalue weighted by Crippen LogP contribution is 2.27. The zero-order valence-electron chi connectivity index (χ0n) is 16.0. The van der Waals surface area contributed by atoms with Crippen LogP contribution in [-0.2, 0) is 11.3 Å². The number of ether oxygens (including phenoxy) is 1. The van der Waals surface area contributed by atoms with Crippen LogP contribution in [0.2, 0.25) is 10.0 Å². The standard InChI is InChI=1S/C21H25Cl2N3O2/c1-28-20-6-5-18(23)14-19(20)24-21(27)7-8-25-9-11-26(12-10-25)15-16-3-2-4-17(22)13-16/h2-6,13-14H,7-12,15H2,1H3,(H,24,27). The molecule has 0 spiro atoms. The van der Waals surface area contributed by atoms with Gasteiger partial charge in [-0.25, -0.2) is 0 Å². The van der Waals surface area contributed by atoms with Crippen LogP contribution in [0.4, 0.5) is 5.69 Å². The maximum absolute atomic E-state index is 12.3. The van der Waals surface area contributed by atoms with Gasteiger partial charge in [0.1, 0.15) is 5.75 Å². The predicted molar refractivity (Wildman–Crippen MR) is 114 cm³/mol. The largest absolute Gasteiger partial charge is 0.495 e. The lowest BCUT2D eigenvalue weighted by Crippen LogP contribution is -2.46. The Balaban J connectivity index is 1.41. The first-order chi connectivity index (χ1) is 13.5. The Morgan fingerprint density at radius 3 is 2.46 bits per heavy atom. The number of halogens is 2. The Bertz CT molecular complexity index is 808. The SMILES string of the molecule is COc1ccc(Cl)cc1NC(=O)CCN1CCN(Cc2cccc(Cl)c2)CC1. The molecular formula is C21H25Cl2N3O2. The van der Waals surface area contributed by atoms with E-state index in [2.05, 4.69) is 21.2 Å². The van der Waals surface area contributed by atoms with Crippen LogP contribution in [0.25, 0.3) is 0 Å². The van der Waals surface area contributed by atoms with Crippen LogP contribution in [0.3, 0.4) is 0 Å². The third kappa shape index (κ3) is 6.11. The Kier molecular flexibility index (Phi) is 7.57. The molecule has 2 aromatic rings. The van der Waals surface area contributed by atoms with E-state index in [1.807, 2.05) is 18.2 Å². The third-order valence-corrected chi connectivity index (χ3v) is 5.32. The molecule has 1 fully saturated rings. The minimum Gasteiger partial charge on any atom is -0.495 e. The number of nitrogens with one attached hydrogen (secondary N) is 1. The topological polar surface area (TPSA) is 44.8 Å². The summed E-state index contributed by atoms with van der Waals surface area (Å²) in [5.41, 5.74) is 1.84. The van der Waals surface area contributed by atoms with Gasteiger partial charge in [0.15, 0.2) is 0 Å². The van der Waals surface area contributed by atoms with Crippen LogP contribution in [0, 0.1) is 0 Å². The monoisotopic (exact) mass is 421 g/mol. The second kappa shape index (κ2) is 10.1. The zero-order chi connectivity index (χ0) is 19.9. The second-order valence-electron chi connectivity index (χ2n) is 6.89. The highest BCUT2D eigenvalue weighted by Gasteiger charge is 2.18. The molecule has 1 saturated heterocycles. The quantitative estimate of drug-likeness (QED) is 0.728. The van der Waals surface area contributed by atoms with E-state index in [1.165, 1.54) is 5.56 Å². The number of methoxy groups -OCH3 is 1. The molecule has 7 heteroatoms. The number of hydrogen-bond acceptors (Lipinski definition) is 4. The average Bonchev–Trinajstić information content (AvgIpc) is 2.68. The number of anilines is 1. The molecule has 0 bridgehead atoms. The molecular weight excluding hydrogens is 397 g/mol.